The zero-order valence-electron chi connectivity index (χ0n) is 14.1. The summed E-state index contributed by atoms with van der Waals surface area (Å²) in [4.78, 5) is 24.4. The molecule has 0 aromatic carbocycles. The SMILES string of the molecule is CC(O)CCNC(=O)CCNC(=O)C12CC3CC(CC(C3)C1)C2. The highest BCUT2D eigenvalue weighted by Crippen LogP contribution is 2.60. The van der Waals surface area contributed by atoms with E-state index in [4.69, 9.17) is 5.11 Å². The van der Waals surface area contributed by atoms with Crippen LogP contribution < -0.4 is 10.6 Å². The van der Waals surface area contributed by atoms with E-state index in [-0.39, 0.29) is 17.2 Å². The molecule has 0 spiro atoms. The predicted octanol–water partition coefficient (Wildman–Crippen LogP) is 1.60. The van der Waals surface area contributed by atoms with Crippen molar-refractivity contribution in [2.24, 2.45) is 23.2 Å². The lowest BCUT2D eigenvalue weighted by Crippen LogP contribution is -2.53. The lowest BCUT2D eigenvalue weighted by atomic mass is 9.49. The fourth-order valence-electron chi connectivity index (χ4n) is 5.37. The Morgan fingerprint density at radius 2 is 1.61 bits per heavy atom. The summed E-state index contributed by atoms with van der Waals surface area (Å²) >= 11 is 0. The molecule has 0 saturated heterocycles. The standard InChI is InChI=1S/C18H30N2O3/c1-12(21)2-4-19-16(22)3-5-20-17(23)18-9-13-6-14(10-18)8-15(7-13)11-18/h12-15,21H,2-11H2,1H3,(H,19,22)(H,20,23). The highest BCUT2D eigenvalue weighted by atomic mass is 16.3. The van der Waals surface area contributed by atoms with Crippen LogP contribution in [-0.2, 0) is 9.59 Å². The highest BCUT2D eigenvalue weighted by molar-refractivity contribution is 5.84. The van der Waals surface area contributed by atoms with E-state index >= 15 is 0 Å². The van der Waals surface area contributed by atoms with Gasteiger partial charge in [0.2, 0.25) is 11.8 Å². The number of rotatable bonds is 7. The van der Waals surface area contributed by atoms with E-state index in [0.717, 1.165) is 37.0 Å². The first-order valence-electron chi connectivity index (χ1n) is 9.20. The van der Waals surface area contributed by atoms with Crippen molar-refractivity contribution in [1.82, 2.24) is 10.6 Å². The molecular weight excluding hydrogens is 292 g/mol. The van der Waals surface area contributed by atoms with Gasteiger partial charge in [-0.1, -0.05) is 0 Å². The first-order chi connectivity index (χ1) is 11.0. The molecule has 4 saturated carbocycles. The van der Waals surface area contributed by atoms with Crippen molar-refractivity contribution in [3.05, 3.63) is 0 Å². The Labute approximate surface area is 138 Å². The molecule has 1 unspecified atom stereocenters. The molecule has 2 amide bonds. The second-order valence-electron chi connectivity index (χ2n) is 8.19. The molecule has 4 bridgehead atoms. The molecule has 23 heavy (non-hydrogen) atoms. The molecule has 5 nitrogen and oxygen atoms in total. The van der Waals surface area contributed by atoms with Crippen LogP contribution in [0.3, 0.4) is 0 Å². The van der Waals surface area contributed by atoms with Gasteiger partial charge in [0.05, 0.1) is 6.10 Å². The molecule has 0 aliphatic heterocycles. The Kier molecular flexibility index (Phi) is 4.95. The summed E-state index contributed by atoms with van der Waals surface area (Å²) in [5, 5.41) is 15.0. The molecule has 4 rings (SSSR count). The number of aliphatic hydroxyl groups excluding tert-OH is 1. The van der Waals surface area contributed by atoms with E-state index in [9.17, 15) is 9.59 Å². The maximum absolute atomic E-state index is 12.7. The number of carbonyl (C=O) groups is 2. The van der Waals surface area contributed by atoms with E-state index in [2.05, 4.69) is 10.6 Å². The van der Waals surface area contributed by atoms with Crippen LogP contribution in [-0.4, -0.2) is 36.1 Å². The summed E-state index contributed by atoms with van der Waals surface area (Å²) in [5.74, 6) is 2.41. The minimum Gasteiger partial charge on any atom is -0.393 e. The second kappa shape index (κ2) is 6.80. The maximum Gasteiger partial charge on any atom is 0.226 e. The minimum absolute atomic E-state index is 0.0588. The molecule has 1 atom stereocenters. The maximum atomic E-state index is 12.7. The number of hydrogen-bond donors (Lipinski definition) is 3. The van der Waals surface area contributed by atoms with E-state index < -0.39 is 6.10 Å². The van der Waals surface area contributed by atoms with E-state index in [1.807, 2.05) is 0 Å². The van der Waals surface area contributed by atoms with E-state index in [1.54, 1.807) is 6.92 Å². The van der Waals surface area contributed by atoms with Crippen molar-refractivity contribution >= 4 is 11.8 Å². The van der Waals surface area contributed by atoms with Gasteiger partial charge in [0.1, 0.15) is 0 Å². The Balaban J connectivity index is 1.41. The minimum atomic E-state index is -0.397. The first-order valence-corrected chi connectivity index (χ1v) is 9.20. The summed E-state index contributed by atoms with van der Waals surface area (Å²) < 4.78 is 0. The second-order valence-corrected chi connectivity index (χ2v) is 8.19. The van der Waals surface area contributed by atoms with Gasteiger partial charge < -0.3 is 15.7 Å². The highest BCUT2D eigenvalue weighted by Gasteiger charge is 2.54. The molecule has 0 aromatic heterocycles. The first kappa shape index (κ1) is 16.7. The van der Waals surface area contributed by atoms with Gasteiger partial charge in [-0.2, -0.15) is 0 Å². The topological polar surface area (TPSA) is 78.4 Å². The Bertz CT molecular complexity index is 426. The van der Waals surface area contributed by atoms with Crippen molar-refractivity contribution in [2.75, 3.05) is 13.1 Å². The third-order valence-electron chi connectivity index (χ3n) is 6.04. The van der Waals surface area contributed by atoms with Crippen molar-refractivity contribution in [3.63, 3.8) is 0 Å². The van der Waals surface area contributed by atoms with Crippen molar-refractivity contribution in [2.45, 2.75) is 64.4 Å². The fraction of sp³-hybridized carbons (Fsp3) is 0.889. The van der Waals surface area contributed by atoms with Gasteiger partial charge in [-0.05, 0) is 69.6 Å². The molecule has 3 N–H and O–H groups in total. The quantitative estimate of drug-likeness (QED) is 0.666. The molecule has 0 heterocycles. The lowest BCUT2D eigenvalue weighted by molar-refractivity contribution is -0.146. The Morgan fingerprint density at radius 3 is 2.13 bits per heavy atom. The number of nitrogens with one attached hydrogen (secondary N) is 2. The van der Waals surface area contributed by atoms with Crippen LogP contribution in [0, 0.1) is 23.2 Å². The van der Waals surface area contributed by atoms with Gasteiger partial charge in [0.25, 0.3) is 0 Å². The van der Waals surface area contributed by atoms with Crippen LogP contribution in [0.1, 0.15) is 58.3 Å². The normalized spacial score (nSPS) is 35.8. The summed E-state index contributed by atoms with van der Waals surface area (Å²) in [6, 6.07) is 0. The van der Waals surface area contributed by atoms with Crippen molar-refractivity contribution in [1.29, 1.82) is 0 Å². The molecule has 0 aromatic rings. The van der Waals surface area contributed by atoms with Gasteiger partial charge in [-0.3, -0.25) is 9.59 Å². The third-order valence-corrected chi connectivity index (χ3v) is 6.04. The smallest absolute Gasteiger partial charge is 0.226 e. The van der Waals surface area contributed by atoms with Crippen molar-refractivity contribution in [3.8, 4) is 0 Å². The van der Waals surface area contributed by atoms with E-state index in [0.29, 0.717) is 25.9 Å². The average molecular weight is 322 g/mol. The molecule has 130 valence electrons. The average Bonchev–Trinajstić information content (AvgIpc) is 2.45. The monoisotopic (exact) mass is 322 g/mol. The molecule has 0 radical (unpaired) electrons. The molecule has 4 fully saturated rings. The molecule has 4 aliphatic rings. The predicted molar refractivity (Wildman–Crippen MR) is 87.5 cm³/mol. The summed E-state index contributed by atoms with van der Waals surface area (Å²) in [6.45, 7) is 2.61. The number of amides is 2. The van der Waals surface area contributed by atoms with Gasteiger partial charge in [0.15, 0.2) is 0 Å². The zero-order chi connectivity index (χ0) is 16.4. The zero-order valence-corrected chi connectivity index (χ0v) is 14.1. The van der Waals surface area contributed by atoms with Gasteiger partial charge in [-0.25, -0.2) is 0 Å². The molecule has 5 heteroatoms. The van der Waals surface area contributed by atoms with Gasteiger partial charge in [0, 0.05) is 24.9 Å². The van der Waals surface area contributed by atoms with Crippen LogP contribution in [0.15, 0.2) is 0 Å². The van der Waals surface area contributed by atoms with Crippen LogP contribution in [0.2, 0.25) is 0 Å². The lowest BCUT2D eigenvalue weighted by Gasteiger charge is -2.55. The summed E-state index contributed by atoms with van der Waals surface area (Å²) in [7, 11) is 0. The van der Waals surface area contributed by atoms with Crippen LogP contribution in [0.25, 0.3) is 0 Å². The summed E-state index contributed by atoms with van der Waals surface area (Å²) in [6.07, 6.45) is 7.66. The van der Waals surface area contributed by atoms with Crippen LogP contribution in [0.4, 0.5) is 0 Å². The van der Waals surface area contributed by atoms with Crippen LogP contribution >= 0.6 is 0 Å². The van der Waals surface area contributed by atoms with Crippen molar-refractivity contribution < 1.29 is 14.7 Å². The molecule has 4 aliphatic carbocycles. The molecular formula is C18H30N2O3. The fourth-order valence-corrected chi connectivity index (χ4v) is 5.37. The Morgan fingerprint density at radius 1 is 1.04 bits per heavy atom. The Hall–Kier alpha value is -1.10. The van der Waals surface area contributed by atoms with Crippen LogP contribution in [0.5, 0.6) is 0 Å². The number of hydrogen-bond acceptors (Lipinski definition) is 3. The van der Waals surface area contributed by atoms with Gasteiger partial charge >= 0.3 is 0 Å². The largest absolute Gasteiger partial charge is 0.393 e. The number of carbonyl (C=O) groups excluding carboxylic acids is 2. The summed E-state index contributed by atoms with van der Waals surface area (Å²) in [5.41, 5.74) is -0.127. The van der Waals surface area contributed by atoms with E-state index in [1.165, 1.54) is 19.3 Å². The van der Waals surface area contributed by atoms with Gasteiger partial charge in [-0.15, -0.1) is 0 Å². The number of aliphatic hydroxyl groups is 1. The third kappa shape index (κ3) is 3.87.